The Kier molecular flexibility index (Phi) is 5.01. The fourth-order valence-electron chi connectivity index (χ4n) is 1.14. The summed E-state index contributed by atoms with van der Waals surface area (Å²) >= 11 is 13.2. The number of hydrogen-bond acceptors (Lipinski definition) is 2. The highest BCUT2D eigenvalue weighted by Gasteiger charge is 2.14. The Hall–Kier alpha value is 0.890. The lowest BCUT2D eigenvalue weighted by molar-refractivity contribution is 0.532. The third-order valence-corrected chi connectivity index (χ3v) is 3.30. The second-order valence-electron chi connectivity index (χ2n) is 2.78. The van der Waals surface area contributed by atoms with Gasteiger partial charge in [0.1, 0.15) is 4.84 Å². The summed E-state index contributed by atoms with van der Waals surface area (Å²) in [6, 6.07) is 0. The highest BCUT2D eigenvalue weighted by Crippen LogP contribution is 2.22. The molecule has 11 heavy (non-hydrogen) atoms. The highest BCUT2D eigenvalue weighted by molar-refractivity contribution is 7.99. The van der Waals surface area contributed by atoms with Gasteiger partial charge >= 0.3 is 0 Å². The van der Waals surface area contributed by atoms with E-state index in [1.807, 2.05) is 11.8 Å². The molecule has 0 bridgehead atoms. The molecular formula is C7H13Cl2NS. The Morgan fingerprint density at radius 1 is 1.55 bits per heavy atom. The van der Waals surface area contributed by atoms with Crippen molar-refractivity contribution >= 4 is 35.0 Å². The fourth-order valence-corrected chi connectivity index (χ4v) is 2.64. The summed E-state index contributed by atoms with van der Waals surface area (Å²) in [7, 11) is 0. The molecule has 0 amide bonds. The molecule has 0 aromatic heterocycles. The van der Waals surface area contributed by atoms with E-state index in [2.05, 4.69) is 5.32 Å². The van der Waals surface area contributed by atoms with E-state index in [1.165, 1.54) is 17.9 Å². The molecule has 1 heterocycles. The molecule has 0 aliphatic carbocycles. The lowest BCUT2D eigenvalue weighted by atomic mass is 10.1. The van der Waals surface area contributed by atoms with Crippen molar-refractivity contribution in [1.82, 2.24) is 5.32 Å². The zero-order valence-corrected chi connectivity index (χ0v) is 8.68. The molecule has 0 radical (unpaired) electrons. The van der Waals surface area contributed by atoms with Gasteiger partial charge in [-0.1, -0.05) is 0 Å². The highest BCUT2D eigenvalue weighted by atomic mass is 35.5. The van der Waals surface area contributed by atoms with Crippen LogP contribution in [-0.4, -0.2) is 29.4 Å². The molecule has 0 aromatic rings. The van der Waals surface area contributed by atoms with Crippen LogP contribution in [0, 0.1) is 5.92 Å². The summed E-state index contributed by atoms with van der Waals surface area (Å²) in [5.74, 6) is 3.45. The number of halogens is 2. The number of nitrogens with one attached hydrogen (secondary N) is 1. The van der Waals surface area contributed by atoms with Crippen molar-refractivity contribution in [3.63, 3.8) is 0 Å². The Balaban J connectivity index is 1.94. The van der Waals surface area contributed by atoms with Crippen LogP contribution in [0.1, 0.15) is 6.42 Å². The molecular weight excluding hydrogens is 201 g/mol. The van der Waals surface area contributed by atoms with E-state index in [0.717, 1.165) is 12.5 Å². The van der Waals surface area contributed by atoms with Crippen LogP contribution in [0.5, 0.6) is 0 Å². The predicted molar refractivity (Wildman–Crippen MR) is 53.8 cm³/mol. The third kappa shape index (κ3) is 4.46. The minimum atomic E-state index is -0.260. The third-order valence-electron chi connectivity index (χ3n) is 1.76. The summed E-state index contributed by atoms with van der Waals surface area (Å²) in [4.78, 5) is -0.260. The molecule has 1 aliphatic heterocycles. The van der Waals surface area contributed by atoms with Gasteiger partial charge in [-0.25, -0.2) is 0 Å². The van der Waals surface area contributed by atoms with Gasteiger partial charge in [0.05, 0.1) is 0 Å². The lowest BCUT2D eigenvalue weighted by Crippen LogP contribution is -2.26. The maximum atomic E-state index is 5.56. The van der Waals surface area contributed by atoms with Crippen molar-refractivity contribution in [3.8, 4) is 0 Å². The van der Waals surface area contributed by atoms with Crippen molar-refractivity contribution < 1.29 is 0 Å². The van der Waals surface area contributed by atoms with Crippen LogP contribution in [0.2, 0.25) is 0 Å². The summed E-state index contributed by atoms with van der Waals surface area (Å²) in [6.07, 6.45) is 1.34. The van der Waals surface area contributed by atoms with Gasteiger partial charge in [0.2, 0.25) is 0 Å². The van der Waals surface area contributed by atoms with E-state index in [0.29, 0.717) is 6.54 Å². The molecule has 66 valence electrons. The Labute approximate surface area is 82.2 Å². The second-order valence-corrected chi connectivity index (χ2v) is 5.21. The maximum Gasteiger partial charge on any atom is 0.120 e. The van der Waals surface area contributed by atoms with Gasteiger partial charge in [0.15, 0.2) is 0 Å². The molecule has 1 unspecified atom stereocenters. The lowest BCUT2D eigenvalue weighted by Gasteiger charge is -2.09. The molecule has 0 saturated carbocycles. The minimum Gasteiger partial charge on any atom is -0.314 e. The first-order chi connectivity index (χ1) is 5.29. The van der Waals surface area contributed by atoms with Gasteiger partial charge in [0, 0.05) is 6.54 Å². The summed E-state index contributed by atoms with van der Waals surface area (Å²) in [5, 5.41) is 3.25. The van der Waals surface area contributed by atoms with E-state index in [4.69, 9.17) is 23.2 Å². The average molecular weight is 214 g/mol. The molecule has 0 aromatic carbocycles. The minimum absolute atomic E-state index is 0.260. The Morgan fingerprint density at radius 2 is 2.36 bits per heavy atom. The fraction of sp³-hybridized carbons (Fsp3) is 1.00. The van der Waals surface area contributed by atoms with Crippen LogP contribution in [0.3, 0.4) is 0 Å². The van der Waals surface area contributed by atoms with Gasteiger partial charge in [-0.15, -0.1) is 23.2 Å². The normalized spacial score (nSPS) is 24.8. The van der Waals surface area contributed by atoms with Gasteiger partial charge in [-0.05, 0) is 30.4 Å². The van der Waals surface area contributed by atoms with Crippen molar-refractivity contribution in [3.05, 3.63) is 0 Å². The number of alkyl halides is 2. The van der Waals surface area contributed by atoms with Gasteiger partial charge in [-0.3, -0.25) is 0 Å². The summed E-state index contributed by atoms with van der Waals surface area (Å²) in [6.45, 7) is 1.78. The van der Waals surface area contributed by atoms with Gasteiger partial charge < -0.3 is 5.32 Å². The first kappa shape index (κ1) is 9.97. The van der Waals surface area contributed by atoms with Crippen LogP contribution in [0.15, 0.2) is 0 Å². The van der Waals surface area contributed by atoms with E-state index in [-0.39, 0.29) is 4.84 Å². The van der Waals surface area contributed by atoms with Crippen LogP contribution in [0.4, 0.5) is 0 Å². The van der Waals surface area contributed by atoms with Gasteiger partial charge in [0.25, 0.3) is 0 Å². The molecule has 0 spiro atoms. The topological polar surface area (TPSA) is 12.0 Å². The standard InChI is InChI=1S/C7H13Cl2NS/c8-7(9)4-10-3-6-1-2-11-5-6/h6-7,10H,1-5H2. The van der Waals surface area contributed by atoms with Crippen molar-refractivity contribution in [2.75, 3.05) is 24.6 Å². The Bertz CT molecular complexity index is 105. The summed E-state index contributed by atoms with van der Waals surface area (Å²) in [5.41, 5.74) is 0. The van der Waals surface area contributed by atoms with Gasteiger partial charge in [-0.2, -0.15) is 11.8 Å². The monoisotopic (exact) mass is 213 g/mol. The molecule has 1 nitrogen and oxygen atoms in total. The number of thioether (sulfide) groups is 1. The zero-order valence-electron chi connectivity index (χ0n) is 6.35. The SMILES string of the molecule is ClC(Cl)CNCC1CCSC1. The molecule has 1 fully saturated rings. The van der Waals surface area contributed by atoms with Crippen LogP contribution in [0.25, 0.3) is 0 Å². The molecule has 1 atom stereocenters. The van der Waals surface area contributed by atoms with Crippen molar-refractivity contribution in [1.29, 1.82) is 0 Å². The maximum absolute atomic E-state index is 5.56. The van der Waals surface area contributed by atoms with Crippen molar-refractivity contribution in [2.24, 2.45) is 5.92 Å². The molecule has 1 aliphatic rings. The molecule has 1 N–H and O–H groups in total. The van der Waals surface area contributed by atoms with E-state index in [1.54, 1.807) is 0 Å². The largest absolute Gasteiger partial charge is 0.314 e. The second kappa shape index (κ2) is 5.52. The number of rotatable bonds is 4. The van der Waals surface area contributed by atoms with E-state index in [9.17, 15) is 0 Å². The first-order valence-electron chi connectivity index (χ1n) is 3.85. The van der Waals surface area contributed by atoms with E-state index < -0.39 is 0 Å². The van der Waals surface area contributed by atoms with Crippen LogP contribution < -0.4 is 5.32 Å². The Morgan fingerprint density at radius 3 is 2.91 bits per heavy atom. The zero-order chi connectivity index (χ0) is 8.10. The van der Waals surface area contributed by atoms with Crippen molar-refractivity contribution in [2.45, 2.75) is 11.3 Å². The molecule has 4 heteroatoms. The average Bonchev–Trinajstić information content (AvgIpc) is 2.39. The summed E-state index contributed by atoms with van der Waals surface area (Å²) < 4.78 is 0. The number of hydrogen-bond donors (Lipinski definition) is 1. The quantitative estimate of drug-likeness (QED) is 0.719. The first-order valence-corrected chi connectivity index (χ1v) is 5.88. The molecule has 1 rings (SSSR count). The van der Waals surface area contributed by atoms with E-state index >= 15 is 0 Å². The van der Waals surface area contributed by atoms with Crippen LogP contribution >= 0.6 is 35.0 Å². The predicted octanol–water partition coefficient (Wildman–Crippen LogP) is 2.13. The van der Waals surface area contributed by atoms with Crippen LogP contribution in [-0.2, 0) is 0 Å². The smallest absolute Gasteiger partial charge is 0.120 e. The molecule has 1 saturated heterocycles.